The van der Waals surface area contributed by atoms with Crippen LogP contribution in [0, 0.1) is 11.8 Å². The highest BCUT2D eigenvalue weighted by Gasteiger charge is 2.34. The Bertz CT molecular complexity index is 1020. The van der Waals surface area contributed by atoms with E-state index < -0.39 is 0 Å². The van der Waals surface area contributed by atoms with Gasteiger partial charge in [0, 0.05) is 48.1 Å². The summed E-state index contributed by atoms with van der Waals surface area (Å²) in [5.74, 6) is 3.25. The van der Waals surface area contributed by atoms with Crippen LogP contribution >= 0.6 is 0 Å². The standard InChI is InChI=1S/C36H60N4O2/c1-9-13-15-27(11-3)25-41-33-29-17-20-32(36-39(7)23-24-40(36)8)34(42-26-28(12-4)16-14-10-2)30(29)18-19-31(33)35-37(5)21-22-38(35)6/h17-20,27-28,35-36H,9-16,21-26H2,1-8H3. The first-order chi connectivity index (χ1) is 20.3. The van der Waals surface area contributed by atoms with Crippen molar-refractivity contribution in [2.45, 2.75) is 91.4 Å². The Morgan fingerprint density at radius 1 is 0.595 bits per heavy atom. The maximum absolute atomic E-state index is 6.94. The topological polar surface area (TPSA) is 31.4 Å². The molecule has 6 nitrogen and oxygen atoms in total. The lowest BCUT2D eigenvalue weighted by Crippen LogP contribution is -2.27. The number of hydrogen-bond acceptors (Lipinski definition) is 6. The van der Waals surface area contributed by atoms with E-state index in [-0.39, 0.29) is 12.3 Å². The molecule has 2 aromatic rings. The average Bonchev–Trinajstić information content (AvgIpc) is 3.51. The van der Waals surface area contributed by atoms with Crippen LogP contribution in [-0.4, -0.2) is 87.2 Å². The van der Waals surface area contributed by atoms with Crippen LogP contribution < -0.4 is 9.47 Å². The van der Waals surface area contributed by atoms with Gasteiger partial charge in [0.05, 0.1) is 25.5 Å². The van der Waals surface area contributed by atoms with Crippen molar-refractivity contribution >= 4 is 10.8 Å². The summed E-state index contributed by atoms with van der Waals surface area (Å²) in [5, 5.41) is 2.38. The summed E-state index contributed by atoms with van der Waals surface area (Å²) in [5.41, 5.74) is 2.55. The molecule has 0 amide bonds. The Balaban J connectivity index is 1.82. The highest BCUT2D eigenvalue weighted by molar-refractivity contribution is 5.95. The van der Waals surface area contributed by atoms with Crippen molar-refractivity contribution in [1.82, 2.24) is 19.6 Å². The fourth-order valence-electron chi connectivity index (χ4n) is 7.05. The number of benzene rings is 2. The minimum absolute atomic E-state index is 0.217. The highest BCUT2D eigenvalue weighted by atomic mass is 16.5. The molecule has 0 N–H and O–H groups in total. The number of nitrogens with zero attached hydrogens (tertiary/aromatic N) is 4. The van der Waals surface area contributed by atoms with E-state index in [4.69, 9.17) is 9.47 Å². The largest absolute Gasteiger partial charge is 0.492 e. The van der Waals surface area contributed by atoms with E-state index in [0.29, 0.717) is 11.8 Å². The summed E-state index contributed by atoms with van der Waals surface area (Å²) in [7, 11) is 8.96. The molecule has 42 heavy (non-hydrogen) atoms. The molecule has 4 rings (SSSR count). The Morgan fingerprint density at radius 2 is 0.952 bits per heavy atom. The third kappa shape index (κ3) is 7.43. The third-order valence-electron chi connectivity index (χ3n) is 10.0. The number of unbranched alkanes of at least 4 members (excludes halogenated alkanes) is 2. The number of hydrogen-bond donors (Lipinski definition) is 0. The number of rotatable bonds is 16. The summed E-state index contributed by atoms with van der Waals surface area (Å²) in [6.45, 7) is 15.0. The van der Waals surface area contributed by atoms with Gasteiger partial charge in [0.1, 0.15) is 11.5 Å². The number of ether oxygens (including phenoxy) is 2. The normalized spacial score (nSPS) is 19.7. The predicted octanol–water partition coefficient (Wildman–Crippen LogP) is 7.78. The van der Waals surface area contributed by atoms with Crippen molar-refractivity contribution in [3.8, 4) is 11.5 Å². The van der Waals surface area contributed by atoms with Crippen LogP contribution in [0.2, 0.25) is 0 Å². The lowest BCUT2D eigenvalue weighted by atomic mass is 9.97. The van der Waals surface area contributed by atoms with Crippen molar-refractivity contribution in [3.63, 3.8) is 0 Å². The minimum atomic E-state index is 0.217. The molecular formula is C36H60N4O2. The van der Waals surface area contributed by atoms with E-state index >= 15 is 0 Å². The van der Waals surface area contributed by atoms with Gasteiger partial charge in [-0.15, -0.1) is 0 Å². The molecule has 0 saturated carbocycles. The molecular weight excluding hydrogens is 520 g/mol. The smallest absolute Gasteiger partial charge is 0.133 e. The van der Waals surface area contributed by atoms with Crippen LogP contribution in [0.25, 0.3) is 10.8 Å². The van der Waals surface area contributed by atoms with Gasteiger partial charge in [-0.05, 0) is 65.0 Å². The van der Waals surface area contributed by atoms with E-state index in [2.05, 4.69) is 99.8 Å². The molecule has 2 saturated heterocycles. The maximum Gasteiger partial charge on any atom is 0.133 e. The molecule has 6 heteroatoms. The molecule has 2 unspecified atom stereocenters. The fraction of sp³-hybridized carbons (Fsp3) is 0.722. The van der Waals surface area contributed by atoms with Gasteiger partial charge in [-0.1, -0.05) is 78.4 Å². The molecule has 2 atom stereocenters. The average molecular weight is 581 g/mol. The van der Waals surface area contributed by atoms with Crippen molar-refractivity contribution in [1.29, 1.82) is 0 Å². The Labute approximate surface area is 257 Å². The van der Waals surface area contributed by atoms with Crippen molar-refractivity contribution in [3.05, 3.63) is 35.4 Å². The van der Waals surface area contributed by atoms with Gasteiger partial charge >= 0.3 is 0 Å². The zero-order valence-electron chi connectivity index (χ0n) is 28.1. The third-order valence-corrected chi connectivity index (χ3v) is 10.0. The SMILES string of the molecule is CCCCC(CC)COc1c(C2N(C)CCN2C)ccc2c(OCC(CC)CCCC)c(C3N(C)CCN3C)ccc12. The lowest BCUT2D eigenvalue weighted by Gasteiger charge is -2.31. The number of likely N-dealkylation sites (N-methyl/N-ethyl adjacent to an activating group) is 4. The molecule has 2 aliphatic rings. The zero-order chi connectivity index (χ0) is 30.2. The summed E-state index contributed by atoms with van der Waals surface area (Å²) in [4.78, 5) is 9.82. The Morgan fingerprint density at radius 3 is 1.26 bits per heavy atom. The summed E-state index contributed by atoms with van der Waals surface area (Å²) < 4.78 is 13.9. The Kier molecular flexibility index (Phi) is 12.4. The molecule has 0 aromatic heterocycles. The van der Waals surface area contributed by atoms with Crippen molar-refractivity contribution in [2.75, 3.05) is 67.6 Å². The molecule has 0 aliphatic carbocycles. The first kappa shape index (κ1) is 33.0. The van der Waals surface area contributed by atoms with E-state index in [1.54, 1.807) is 0 Å². The zero-order valence-corrected chi connectivity index (χ0v) is 28.1. The monoisotopic (exact) mass is 580 g/mol. The maximum atomic E-state index is 6.94. The van der Waals surface area contributed by atoms with Crippen LogP contribution in [0.3, 0.4) is 0 Å². The molecule has 0 radical (unpaired) electrons. The van der Waals surface area contributed by atoms with E-state index in [0.717, 1.165) is 63.7 Å². The molecule has 2 heterocycles. The second-order valence-electron chi connectivity index (χ2n) is 13.2. The molecule has 2 aromatic carbocycles. The minimum Gasteiger partial charge on any atom is -0.492 e. The van der Waals surface area contributed by atoms with E-state index in [1.807, 2.05) is 0 Å². The van der Waals surface area contributed by atoms with Crippen molar-refractivity contribution < 1.29 is 9.47 Å². The van der Waals surface area contributed by atoms with Crippen LogP contribution in [0.4, 0.5) is 0 Å². The second kappa shape index (κ2) is 15.7. The molecule has 0 bridgehead atoms. The van der Waals surface area contributed by atoms with Crippen molar-refractivity contribution in [2.24, 2.45) is 11.8 Å². The summed E-state index contributed by atoms with van der Waals surface area (Å²) in [6, 6.07) is 9.32. The Hall–Kier alpha value is -1.86. The van der Waals surface area contributed by atoms with Crippen LogP contribution in [-0.2, 0) is 0 Å². The van der Waals surface area contributed by atoms with Gasteiger partial charge < -0.3 is 9.47 Å². The van der Waals surface area contributed by atoms with Crippen LogP contribution in [0.1, 0.15) is 103 Å². The van der Waals surface area contributed by atoms with Gasteiger partial charge in [0.25, 0.3) is 0 Å². The van der Waals surface area contributed by atoms with Crippen LogP contribution in [0.15, 0.2) is 24.3 Å². The van der Waals surface area contributed by atoms with Gasteiger partial charge in [-0.3, -0.25) is 19.6 Å². The lowest BCUT2D eigenvalue weighted by molar-refractivity contribution is 0.176. The molecule has 2 fully saturated rings. The second-order valence-corrected chi connectivity index (χ2v) is 13.2. The van der Waals surface area contributed by atoms with E-state index in [1.165, 1.54) is 60.4 Å². The number of fused-ring (bicyclic) bond motifs is 1. The molecule has 236 valence electrons. The first-order valence-corrected chi connectivity index (χ1v) is 17.0. The molecule has 2 aliphatic heterocycles. The van der Waals surface area contributed by atoms with E-state index in [9.17, 15) is 0 Å². The molecule has 0 spiro atoms. The van der Waals surface area contributed by atoms with Gasteiger partial charge in [-0.2, -0.15) is 0 Å². The van der Waals surface area contributed by atoms with Gasteiger partial charge in [0.2, 0.25) is 0 Å². The summed E-state index contributed by atoms with van der Waals surface area (Å²) in [6.07, 6.45) is 10.2. The quantitative estimate of drug-likeness (QED) is 0.202. The van der Waals surface area contributed by atoms with Gasteiger partial charge in [0.15, 0.2) is 0 Å². The van der Waals surface area contributed by atoms with Crippen LogP contribution in [0.5, 0.6) is 11.5 Å². The highest BCUT2D eigenvalue weighted by Crippen LogP contribution is 2.45. The van der Waals surface area contributed by atoms with Gasteiger partial charge in [-0.25, -0.2) is 0 Å². The first-order valence-electron chi connectivity index (χ1n) is 17.0. The summed E-state index contributed by atoms with van der Waals surface area (Å²) >= 11 is 0. The fourth-order valence-corrected chi connectivity index (χ4v) is 7.05. The predicted molar refractivity (Wildman–Crippen MR) is 178 cm³/mol.